The minimum Gasteiger partial charge on any atom is -0.497 e. The fraction of sp³-hybridized carbons (Fsp3) is 0.533. The Morgan fingerprint density at radius 2 is 2.10 bits per heavy atom. The molecule has 1 saturated heterocycles. The first-order valence-electron chi connectivity index (χ1n) is 6.97. The molecule has 0 aliphatic carbocycles. The van der Waals surface area contributed by atoms with Crippen LogP contribution in [0.25, 0.3) is 0 Å². The van der Waals surface area contributed by atoms with Gasteiger partial charge in [-0.25, -0.2) is 0 Å². The van der Waals surface area contributed by atoms with Crippen LogP contribution in [0, 0.1) is 0 Å². The standard InChI is InChI=1S/C15H22N2O4/c1-20-13-5-3-11(4-6-13)8-17-9-14(15(19)21-2)16-7-12(17)10-18/h3-6,12,14,16,18H,7-10H2,1-2H3. The minimum atomic E-state index is -0.351. The molecule has 1 aromatic carbocycles. The highest BCUT2D eigenvalue weighted by atomic mass is 16.5. The average Bonchev–Trinajstić information content (AvgIpc) is 2.54. The average molecular weight is 294 g/mol. The summed E-state index contributed by atoms with van der Waals surface area (Å²) in [5, 5.41) is 12.6. The number of carbonyl (C=O) groups is 1. The summed E-state index contributed by atoms with van der Waals surface area (Å²) >= 11 is 0. The van der Waals surface area contributed by atoms with E-state index >= 15 is 0 Å². The smallest absolute Gasteiger partial charge is 0.324 e. The molecule has 2 N–H and O–H groups in total. The molecule has 6 heteroatoms. The Morgan fingerprint density at radius 3 is 2.67 bits per heavy atom. The summed E-state index contributed by atoms with van der Waals surface area (Å²) in [5.41, 5.74) is 1.11. The van der Waals surface area contributed by atoms with E-state index in [9.17, 15) is 9.90 Å². The number of esters is 1. The lowest BCUT2D eigenvalue weighted by molar-refractivity contribution is -0.145. The lowest BCUT2D eigenvalue weighted by atomic mass is 10.1. The first-order chi connectivity index (χ1) is 10.2. The van der Waals surface area contributed by atoms with E-state index < -0.39 is 0 Å². The van der Waals surface area contributed by atoms with Crippen molar-refractivity contribution in [2.24, 2.45) is 0 Å². The second-order valence-electron chi connectivity index (χ2n) is 5.10. The number of aliphatic hydroxyl groups is 1. The number of piperazine rings is 1. The Hall–Kier alpha value is -1.63. The Balaban J connectivity index is 2.04. The third-order valence-corrected chi connectivity index (χ3v) is 3.77. The predicted molar refractivity (Wildman–Crippen MR) is 78.1 cm³/mol. The fourth-order valence-corrected chi connectivity index (χ4v) is 2.49. The summed E-state index contributed by atoms with van der Waals surface area (Å²) in [7, 11) is 3.02. The number of ether oxygens (including phenoxy) is 2. The molecule has 116 valence electrons. The van der Waals surface area contributed by atoms with Crippen LogP contribution in [0.3, 0.4) is 0 Å². The molecule has 1 aliphatic heterocycles. The second-order valence-corrected chi connectivity index (χ2v) is 5.10. The van der Waals surface area contributed by atoms with E-state index in [1.165, 1.54) is 7.11 Å². The number of benzene rings is 1. The maximum absolute atomic E-state index is 11.7. The third kappa shape index (κ3) is 3.93. The Morgan fingerprint density at radius 1 is 1.38 bits per heavy atom. The molecule has 1 heterocycles. The molecule has 1 aliphatic rings. The van der Waals surface area contributed by atoms with Crippen LogP contribution in [0.1, 0.15) is 5.56 Å². The van der Waals surface area contributed by atoms with E-state index in [1.807, 2.05) is 24.3 Å². The molecule has 0 saturated carbocycles. The quantitative estimate of drug-likeness (QED) is 0.745. The molecule has 0 amide bonds. The summed E-state index contributed by atoms with van der Waals surface area (Å²) in [5.74, 6) is 0.538. The van der Waals surface area contributed by atoms with Crippen molar-refractivity contribution < 1.29 is 19.4 Å². The van der Waals surface area contributed by atoms with Crippen molar-refractivity contribution in [2.45, 2.75) is 18.6 Å². The minimum absolute atomic E-state index is 0.00647. The van der Waals surface area contributed by atoms with E-state index in [-0.39, 0.29) is 24.7 Å². The molecule has 0 aromatic heterocycles. The van der Waals surface area contributed by atoms with E-state index in [1.54, 1.807) is 7.11 Å². The van der Waals surface area contributed by atoms with E-state index in [0.29, 0.717) is 19.6 Å². The van der Waals surface area contributed by atoms with Crippen LogP contribution >= 0.6 is 0 Å². The van der Waals surface area contributed by atoms with Crippen molar-refractivity contribution >= 4 is 5.97 Å². The SMILES string of the molecule is COC(=O)C1CN(Cc2ccc(OC)cc2)C(CO)CN1. The molecule has 2 atom stereocenters. The number of nitrogens with one attached hydrogen (secondary N) is 1. The zero-order valence-electron chi connectivity index (χ0n) is 12.4. The first-order valence-corrected chi connectivity index (χ1v) is 6.97. The van der Waals surface area contributed by atoms with Gasteiger partial charge >= 0.3 is 5.97 Å². The van der Waals surface area contributed by atoms with Crippen LogP contribution in [0.15, 0.2) is 24.3 Å². The second kappa shape index (κ2) is 7.40. The van der Waals surface area contributed by atoms with Crippen molar-refractivity contribution in [1.82, 2.24) is 10.2 Å². The van der Waals surface area contributed by atoms with Crippen LogP contribution < -0.4 is 10.1 Å². The lowest BCUT2D eigenvalue weighted by Crippen LogP contribution is -2.60. The van der Waals surface area contributed by atoms with Gasteiger partial charge in [0.05, 0.1) is 20.8 Å². The van der Waals surface area contributed by atoms with Crippen molar-refractivity contribution in [3.8, 4) is 5.75 Å². The summed E-state index contributed by atoms with van der Waals surface area (Å²) in [6.45, 7) is 1.80. The first kappa shape index (κ1) is 15.8. The Labute approximate surface area is 124 Å². The van der Waals surface area contributed by atoms with Crippen LogP contribution in [0.2, 0.25) is 0 Å². The topological polar surface area (TPSA) is 71.0 Å². The Bertz CT molecular complexity index is 463. The molecule has 6 nitrogen and oxygen atoms in total. The van der Waals surface area contributed by atoms with Gasteiger partial charge in [-0.2, -0.15) is 0 Å². The zero-order chi connectivity index (χ0) is 15.2. The lowest BCUT2D eigenvalue weighted by Gasteiger charge is -2.38. The van der Waals surface area contributed by atoms with Crippen LogP contribution in [-0.4, -0.2) is 62.0 Å². The van der Waals surface area contributed by atoms with Gasteiger partial charge in [-0.05, 0) is 17.7 Å². The van der Waals surface area contributed by atoms with Crippen molar-refractivity contribution in [3.05, 3.63) is 29.8 Å². The van der Waals surface area contributed by atoms with Crippen LogP contribution in [-0.2, 0) is 16.1 Å². The van der Waals surface area contributed by atoms with Crippen molar-refractivity contribution in [1.29, 1.82) is 0 Å². The largest absolute Gasteiger partial charge is 0.497 e. The number of hydrogen-bond acceptors (Lipinski definition) is 6. The van der Waals surface area contributed by atoms with Gasteiger partial charge < -0.3 is 19.9 Å². The van der Waals surface area contributed by atoms with Gasteiger partial charge in [0.2, 0.25) is 0 Å². The van der Waals surface area contributed by atoms with Gasteiger partial charge in [-0.15, -0.1) is 0 Å². The summed E-state index contributed by atoms with van der Waals surface area (Å²) in [6.07, 6.45) is 0. The third-order valence-electron chi connectivity index (χ3n) is 3.77. The van der Waals surface area contributed by atoms with Gasteiger partial charge in [0, 0.05) is 25.7 Å². The molecule has 0 spiro atoms. The molecular formula is C15H22N2O4. The van der Waals surface area contributed by atoms with Crippen LogP contribution in [0.5, 0.6) is 5.75 Å². The molecule has 21 heavy (non-hydrogen) atoms. The molecular weight excluding hydrogens is 272 g/mol. The normalized spacial score (nSPS) is 22.8. The maximum atomic E-state index is 11.7. The highest BCUT2D eigenvalue weighted by Gasteiger charge is 2.31. The number of nitrogens with zero attached hydrogens (tertiary/aromatic N) is 1. The van der Waals surface area contributed by atoms with Gasteiger partial charge in [-0.1, -0.05) is 12.1 Å². The fourth-order valence-electron chi connectivity index (χ4n) is 2.49. The van der Waals surface area contributed by atoms with E-state index in [2.05, 4.69) is 10.2 Å². The molecule has 0 bridgehead atoms. The van der Waals surface area contributed by atoms with Crippen molar-refractivity contribution in [2.75, 3.05) is 33.9 Å². The number of methoxy groups -OCH3 is 2. The molecule has 2 unspecified atom stereocenters. The molecule has 1 fully saturated rings. The van der Waals surface area contributed by atoms with E-state index in [0.717, 1.165) is 11.3 Å². The zero-order valence-corrected chi connectivity index (χ0v) is 12.4. The molecule has 1 aromatic rings. The monoisotopic (exact) mass is 294 g/mol. The van der Waals surface area contributed by atoms with E-state index in [4.69, 9.17) is 9.47 Å². The Kier molecular flexibility index (Phi) is 5.55. The summed E-state index contributed by atoms with van der Waals surface area (Å²) < 4.78 is 9.92. The van der Waals surface area contributed by atoms with Gasteiger partial charge in [0.15, 0.2) is 0 Å². The molecule has 0 radical (unpaired) electrons. The molecule has 2 rings (SSSR count). The highest BCUT2D eigenvalue weighted by Crippen LogP contribution is 2.16. The van der Waals surface area contributed by atoms with Crippen LogP contribution in [0.4, 0.5) is 0 Å². The highest BCUT2D eigenvalue weighted by molar-refractivity contribution is 5.76. The van der Waals surface area contributed by atoms with Crippen molar-refractivity contribution in [3.63, 3.8) is 0 Å². The van der Waals surface area contributed by atoms with Gasteiger partial charge in [0.25, 0.3) is 0 Å². The maximum Gasteiger partial charge on any atom is 0.324 e. The van der Waals surface area contributed by atoms with Gasteiger partial charge in [-0.3, -0.25) is 9.69 Å². The number of carbonyl (C=O) groups excluding carboxylic acids is 1. The number of aliphatic hydroxyl groups excluding tert-OH is 1. The number of rotatable bonds is 5. The van der Waals surface area contributed by atoms with Gasteiger partial charge in [0.1, 0.15) is 11.8 Å². The predicted octanol–water partition coefficient (Wildman–Crippen LogP) is 0.00290. The number of hydrogen-bond donors (Lipinski definition) is 2. The summed E-state index contributed by atoms with van der Waals surface area (Å²) in [6, 6.07) is 7.43. The summed E-state index contributed by atoms with van der Waals surface area (Å²) in [4.78, 5) is 13.8.